The number of anilines is 1. The normalized spacial score (nSPS) is 10.6. The van der Waals surface area contributed by atoms with E-state index >= 15 is 0 Å². The molecule has 0 spiro atoms. The van der Waals surface area contributed by atoms with Gasteiger partial charge in [0.05, 0.1) is 24.1 Å². The Labute approximate surface area is 118 Å². The van der Waals surface area contributed by atoms with Crippen LogP contribution in [0.2, 0.25) is 0 Å². The second kappa shape index (κ2) is 6.75. The van der Waals surface area contributed by atoms with Crippen LogP contribution < -0.4 is 10.6 Å². The third-order valence-electron chi connectivity index (χ3n) is 2.72. The van der Waals surface area contributed by atoms with Gasteiger partial charge in [-0.3, -0.25) is 9.78 Å². The first-order valence-corrected chi connectivity index (χ1v) is 6.64. The number of amides is 1. The van der Waals surface area contributed by atoms with Gasteiger partial charge < -0.3 is 15.1 Å². The number of nitrogens with zero attached hydrogens (tertiary/aromatic N) is 1. The summed E-state index contributed by atoms with van der Waals surface area (Å²) in [5.74, 6) is 1.09. The molecule has 5 heteroatoms. The lowest BCUT2D eigenvalue weighted by molar-refractivity contribution is 0.0947. The molecule has 0 aliphatic carbocycles. The molecule has 0 saturated heterocycles. The Bertz CT molecular complexity index is 550. The van der Waals surface area contributed by atoms with E-state index in [0.717, 1.165) is 18.0 Å². The second-order valence-corrected chi connectivity index (χ2v) is 5.00. The summed E-state index contributed by atoms with van der Waals surface area (Å²) >= 11 is 0. The van der Waals surface area contributed by atoms with E-state index in [2.05, 4.69) is 29.5 Å². The molecule has 2 heterocycles. The average Bonchev–Trinajstić information content (AvgIpc) is 2.96. The van der Waals surface area contributed by atoms with Gasteiger partial charge in [-0.05, 0) is 24.1 Å². The molecule has 2 aromatic heterocycles. The monoisotopic (exact) mass is 273 g/mol. The van der Waals surface area contributed by atoms with Gasteiger partial charge in [-0.2, -0.15) is 0 Å². The van der Waals surface area contributed by atoms with Crippen LogP contribution in [0.15, 0.2) is 41.3 Å². The predicted octanol–water partition coefficient (Wildman–Crippen LogP) is 2.67. The van der Waals surface area contributed by atoms with Crippen LogP contribution in [-0.4, -0.2) is 17.4 Å². The molecule has 106 valence electrons. The Morgan fingerprint density at radius 1 is 1.40 bits per heavy atom. The quantitative estimate of drug-likeness (QED) is 0.849. The van der Waals surface area contributed by atoms with E-state index < -0.39 is 0 Å². The van der Waals surface area contributed by atoms with Crippen molar-refractivity contribution in [2.45, 2.75) is 20.4 Å². The molecule has 0 radical (unpaired) electrons. The summed E-state index contributed by atoms with van der Waals surface area (Å²) in [6.07, 6.45) is 4.85. The Balaban J connectivity index is 1.93. The van der Waals surface area contributed by atoms with E-state index in [9.17, 15) is 4.79 Å². The van der Waals surface area contributed by atoms with Crippen molar-refractivity contribution < 1.29 is 9.21 Å². The molecule has 0 unspecified atom stereocenters. The molecule has 0 saturated carbocycles. The lowest BCUT2D eigenvalue weighted by atomic mass is 10.2. The van der Waals surface area contributed by atoms with E-state index in [1.54, 1.807) is 30.8 Å². The van der Waals surface area contributed by atoms with Crippen molar-refractivity contribution >= 4 is 11.6 Å². The molecule has 2 aromatic rings. The molecule has 0 aliphatic heterocycles. The Kier molecular flexibility index (Phi) is 4.76. The molecular weight excluding hydrogens is 254 g/mol. The maximum Gasteiger partial charge on any atom is 0.253 e. The van der Waals surface area contributed by atoms with E-state index in [1.165, 1.54) is 0 Å². The van der Waals surface area contributed by atoms with Crippen molar-refractivity contribution in [1.29, 1.82) is 0 Å². The minimum atomic E-state index is -0.165. The number of pyridine rings is 1. The predicted molar refractivity (Wildman–Crippen MR) is 77.4 cm³/mol. The Hall–Kier alpha value is -2.30. The highest BCUT2D eigenvalue weighted by molar-refractivity contribution is 5.94. The molecule has 5 nitrogen and oxygen atoms in total. The maximum absolute atomic E-state index is 12.0. The van der Waals surface area contributed by atoms with Gasteiger partial charge in [0.2, 0.25) is 0 Å². The molecule has 2 rings (SSSR count). The van der Waals surface area contributed by atoms with Crippen molar-refractivity contribution in [3.05, 3.63) is 48.2 Å². The molecular formula is C15H19N3O2. The zero-order chi connectivity index (χ0) is 14.4. The van der Waals surface area contributed by atoms with Crippen molar-refractivity contribution in [2.24, 2.45) is 5.92 Å². The largest absolute Gasteiger partial charge is 0.467 e. The highest BCUT2D eigenvalue weighted by Gasteiger charge is 2.07. The smallest absolute Gasteiger partial charge is 0.253 e. The Morgan fingerprint density at radius 3 is 2.95 bits per heavy atom. The first-order valence-electron chi connectivity index (χ1n) is 6.64. The lowest BCUT2D eigenvalue weighted by Gasteiger charge is -2.09. The molecule has 20 heavy (non-hydrogen) atoms. The van der Waals surface area contributed by atoms with Gasteiger partial charge in [-0.15, -0.1) is 0 Å². The summed E-state index contributed by atoms with van der Waals surface area (Å²) in [4.78, 5) is 16.1. The van der Waals surface area contributed by atoms with Gasteiger partial charge in [0.15, 0.2) is 0 Å². The number of furan rings is 1. The summed E-state index contributed by atoms with van der Waals surface area (Å²) in [5.41, 5.74) is 1.38. The van der Waals surface area contributed by atoms with Crippen molar-refractivity contribution in [2.75, 3.05) is 11.9 Å². The number of nitrogens with one attached hydrogen (secondary N) is 2. The number of rotatable bonds is 6. The van der Waals surface area contributed by atoms with Crippen LogP contribution in [0.1, 0.15) is 30.0 Å². The average molecular weight is 273 g/mol. The fraction of sp³-hybridized carbons (Fsp3) is 0.333. The summed E-state index contributed by atoms with van der Waals surface area (Å²) < 4.78 is 5.17. The first kappa shape index (κ1) is 14.1. The summed E-state index contributed by atoms with van der Waals surface area (Å²) in [7, 11) is 0. The van der Waals surface area contributed by atoms with Gasteiger partial charge in [-0.1, -0.05) is 13.8 Å². The van der Waals surface area contributed by atoms with Crippen LogP contribution in [0.25, 0.3) is 0 Å². The standard InChI is InChI=1S/C15H19N3O2/c1-11(2)7-17-13-6-12(8-16-9-13)15(19)18-10-14-4-3-5-20-14/h3-6,8-9,11,17H,7,10H2,1-2H3,(H,18,19). The Morgan fingerprint density at radius 2 is 2.25 bits per heavy atom. The third kappa shape index (κ3) is 4.12. The van der Waals surface area contributed by atoms with Gasteiger partial charge in [-0.25, -0.2) is 0 Å². The first-order chi connectivity index (χ1) is 9.65. The molecule has 0 bridgehead atoms. The van der Waals surface area contributed by atoms with Crippen LogP contribution in [0, 0.1) is 5.92 Å². The van der Waals surface area contributed by atoms with Crippen LogP contribution in [-0.2, 0) is 6.54 Å². The van der Waals surface area contributed by atoms with E-state index in [0.29, 0.717) is 18.0 Å². The summed E-state index contributed by atoms with van der Waals surface area (Å²) in [6, 6.07) is 5.41. The number of hydrogen-bond acceptors (Lipinski definition) is 4. The third-order valence-corrected chi connectivity index (χ3v) is 2.72. The fourth-order valence-electron chi connectivity index (χ4n) is 1.67. The van der Waals surface area contributed by atoms with Crippen LogP contribution in [0.5, 0.6) is 0 Å². The topological polar surface area (TPSA) is 67.2 Å². The number of carbonyl (C=O) groups is 1. The number of hydrogen-bond donors (Lipinski definition) is 2. The number of carbonyl (C=O) groups excluding carboxylic acids is 1. The highest BCUT2D eigenvalue weighted by Crippen LogP contribution is 2.09. The van der Waals surface area contributed by atoms with E-state index in [1.807, 2.05) is 6.07 Å². The minimum Gasteiger partial charge on any atom is -0.467 e. The molecule has 2 N–H and O–H groups in total. The van der Waals surface area contributed by atoms with Crippen molar-refractivity contribution in [3.63, 3.8) is 0 Å². The molecule has 0 atom stereocenters. The molecule has 0 aliphatic rings. The zero-order valence-corrected chi connectivity index (χ0v) is 11.7. The van der Waals surface area contributed by atoms with Crippen LogP contribution in [0.4, 0.5) is 5.69 Å². The van der Waals surface area contributed by atoms with Crippen molar-refractivity contribution in [3.8, 4) is 0 Å². The highest BCUT2D eigenvalue weighted by atomic mass is 16.3. The van der Waals surface area contributed by atoms with Gasteiger partial charge in [0, 0.05) is 18.9 Å². The minimum absolute atomic E-state index is 0.165. The van der Waals surface area contributed by atoms with Crippen molar-refractivity contribution in [1.82, 2.24) is 10.3 Å². The molecule has 1 amide bonds. The number of aromatic nitrogens is 1. The zero-order valence-electron chi connectivity index (χ0n) is 11.7. The summed E-state index contributed by atoms with van der Waals surface area (Å²) in [6.45, 7) is 5.47. The van der Waals surface area contributed by atoms with Crippen LogP contribution >= 0.6 is 0 Å². The van der Waals surface area contributed by atoms with Crippen LogP contribution in [0.3, 0.4) is 0 Å². The van der Waals surface area contributed by atoms with E-state index in [-0.39, 0.29) is 5.91 Å². The van der Waals surface area contributed by atoms with Gasteiger partial charge >= 0.3 is 0 Å². The maximum atomic E-state index is 12.0. The fourth-order valence-corrected chi connectivity index (χ4v) is 1.67. The van der Waals surface area contributed by atoms with E-state index in [4.69, 9.17) is 4.42 Å². The lowest BCUT2D eigenvalue weighted by Crippen LogP contribution is -2.22. The molecule has 0 fully saturated rings. The molecule has 0 aromatic carbocycles. The summed E-state index contributed by atoms with van der Waals surface area (Å²) in [5, 5.41) is 6.04. The SMILES string of the molecule is CC(C)CNc1cncc(C(=O)NCc2ccco2)c1. The second-order valence-electron chi connectivity index (χ2n) is 5.00. The van der Waals surface area contributed by atoms with Gasteiger partial charge in [0.25, 0.3) is 5.91 Å². The van der Waals surface area contributed by atoms with Gasteiger partial charge in [0.1, 0.15) is 5.76 Å².